The molecule has 204 valence electrons. The Hall–Kier alpha value is -4.22. The van der Waals surface area contributed by atoms with Gasteiger partial charge in [0.15, 0.2) is 0 Å². The number of carbonyl (C=O) groups excluding carboxylic acids is 2. The zero-order valence-electron chi connectivity index (χ0n) is 22.0. The number of imide groups is 1. The van der Waals surface area contributed by atoms with Gasteiger partial charge in [-0.3, -0.25) is 25.0 Å². The molecule has 11 nitrogen and oxygen atoms in total. The van der Waals surface area contributed by atoms with Gasteiger partial charge in [-0.1, -0.05) is 0 Å². The Bertz CT molecular complexity index is 1570. The number of carbonyl (C=O) groups is 2. The largest absolute Gasteiger partial charge is 0.491 e. The number of benzene rings is 2. The average molecular weight is 535 g/mol. The van der Waals surface area contributed by atoms with E-state index in [-0.39, 0.29) is 11.6 Å². The van der Waals surface area contributed by atoms with Gasteiger partial charge in [0.25, 0.3) is 5.69 Å². The second-order valence-electron chi connectivity index (χ2n) is 9.49. The highest BCUT2D eigenvalue weighted by molar-refractivity contribution is 6.13. The van der Waals surface area contributed by atoms with Crippen molar-refractivity contribution >= 4 is 39.3 Å². The molecule has 2 aromatic carbocycles. The summed E-state index contributed by atoms with van der Waals surface area (Å²) in [6.45, 7) is 4.47. The van der Waals surface area contributed by atoms with Gasteiger partial charge < -0.3 is 23.3 Å². The molecule has 2 amide bonds. The number of hydrogen-bond acceptors (Lipinski definition) is 7. The van der Waals surface area contributed by atoms with Crippen molar-refractivity contribution in [3.8, 4) is 5.75 Å². The highest BCUT2D eigenvalue weighted by atomic mass is 16.6. The summed E-state index contributed by atoms with van der Waals surface area (Å²) in [5.41, 5.74) is 2.82. The van der Waals surface area contributed by atoms with Gasteiger partial charge >= 0.3 is 0 Å². The Kier molecular flexibility index (Phi) is 7.36. The van der Waals surface area contributed by atoms with Gasteiger partial charge in [-0.15, -0.1) is 0 Å². The lowest BCUT2D eigenvalue weighted by Gasteiger charge is -2.15. The highest BCUT2D eigenvalue weighted by Gasteiger charge is 2.45. The lowest BCUT2D eigenvalue weighted by Crippen LogP contribution is -2.21. The molecule has 1 aliphatic rings. The zero-order chi connectivity index (χ0) is 27.7. The molecule has 0 spiro atoms. The highest BCUT2D eigenvalue weighted by Crippen LogP contribution is 2.44. The van der Waals surface area contributed by atoms with Crippen molar-refractivity contribution in [2.45, 2.75) is 18.8 Å². The van der Waals surface area contributed by atoms with Crippen molar-refractivity contribution in [2.24, 2.45) is 14.1 Å². The quantitative estimate of drug-likeness (QED) is 0.135. The number of rotatable bonds is 11. The molecule has 2 unspecified atom stereocenters. The fourth-order valence-electron chi connectivity index (χ4n) is 5.30. The van der Waals surface area contributed by atoms with Crippen LogP contribution >= 0.6 is 0 Å². The Balaban J connectivity index is 1.44. The summed E-state index contributed by atoms with van der Waals surface area (Å²) in [6, 6.07) is 10.2. The summed E-state index contributed by atoms with van der Waals surface area (Å²) >= 11 is 0. The molecule has 1 fully saturated rings. The molecule has 1 saturated heterocycles. The van der Waals surface area contributed by atoms with Crippen LogP contribution in [0.4, 0.5) is 5.69 Å². The molecule has 3 heterocycles. The first-order valence-electron chi connectivity index (χ1n) is 12.8. The molecule has 0 radical (unpaired) electrons. The van der Waals surface area contributed by atoms with Crippen molar-refractivity contribution < 1.29 is 28.7 Å². The van der Waals surface area contributed by atoms with E-state index in [1.165, 1.54) is 12.1 Å². The number of non-ortho nitro benzene ring substituents is 1. The lowest BCUT2D eigenvalue weighted by molar-refractivity contribution is -0.384. The van der Waals surface area contributed by atoms with Gasteiger partial charge in [-0.2, -0.15) is 0 Å². The van der Waals surface area contributed by atoms with Crippen LogP contribution < -0.4 is 10.1 Å². The summed E-state index contributed by atoms with van der Waals surface area (Å²) in [6.07, 6.45) is 3.65. The standard InChI is InChI=1S/C28H30N4O7/c1-4-37-9-10-38-11-12-39-18-6-8-20-22(16-31(3)24(20)14-18)26-25(27(33)29-28(26)34)21-15-30(2)23-13-17(32(35)36)5-7-19(21)23/h5-8,13-16,25-26H,4,9-12H2,1-3H3,(H,29,33,34). The van der Waals surface area contributed by atoms with Crippen LogP contribution in [0.25, 0.3) is 21.8 Å². The van der Waals surface area contributed by atoms with E-state index < -0.39 is 22.7 Å². The molecule has 39 heavy (non-hydrogen) atoms. The Labute approximate surface area is 224 Å². The van der Waals surface area contributed by atoms with Crippen LogP contribution in [-0.2, 0) is 33.2 Å². The van der Waals surface area contributed by atoms with Crippen molar-refractivity contribution in [2.75, 3.05) is 33.0 Å². The number of nitrogens with zero attached hydrogens (tertiary/aromatic N) is 3. The topological polar surface area (TPSA) is 127 Å². The second-order valence-corrected chi connectivity index (χ2v) is 9.49. The average Bonchev–Trinajstić information content (AvgIpc) is 3.52. The van der Waals surface area contributed by atoms with Gasteiger partial charge in [-0.05, 0) is 36.2 Å². The van der Waals surface area contributed by atoms with E-state index in [2.05, 4.69) is 5.32 Å². The summed E-state index contributed by atoms with van der Waals surface area (Å²) < 4.78 is 20.3. The van der Waals surface area contributed by atoms with Gasteiger partial charge in [-0.25, -0.2) is 0 Å². The molecule has 4 aromatic rings. The van der Waals surface area contributed by atoms with E-state index in [9.17, 15) is 19.7 Å². The minimum Gasteiger partial charge on any atom is -0.491 e. The maximum Gasteiger partial charge on any atom is 0.271 e. The monoisotopic (exact) mass is 534 g/mol. The smallest absolute Gasteiger partial charge is 0.271 e. The molecule has 0 saturated carbocycles. The minimum absolute atomic E-state index is 0.0390. The predicted octanol–water partition coefficient (Wildman–Crippen LogP) is 3.53. The number of aryl methyl sites for hydroxylation is 2. The van der Waals surface area contributed by atoms with Crippen LogP contribution in [-0.4, -0.2) is 58.9 Å². The van der Waals surface area contributed by atoms with Crippen molar-refractivity contribution in [1.82, 2.24) is 14.5 Å². The SMILES string of the molecule is CCOCCOCCOc1ccc2c(C3C(=O)NC(=O)C3c3cn(C)c4cc([N+](=O)[O-])ccc34)cn(C)c2c1. The Morgan fingerprint density at radius 3 is 2.03 bits per heavy atom. The van der Waals surface area contributed by atoms with Crippen LogP contribution in [0.1, 0.15) is 29.9 Å². The third-order valence-electron chi connectivity index (χ3n) is 7.10. The maximum atomic E-state index is 13.2. The molecule has 0 aliphatic carbocycles. The van der Waals surface area contributed by atoms with E-state index in [1.807, 2.05) is 42.9 Å². The first-order valence-corrected chi connectivity index (χ1v) is 12.8. The van der Waals surface area contributed by atoms with E-state index >= 15 is 0 Å². The van der Waals surface area contributed by atoms with Crippen LogP contribution in [0.3, 0.4) is 0 Å². The zero-order valence-corrected chi connectivity index (χ0v) is 22.0. The third-order valence-corrected chi connectivity index (χ3v) is 7.10. The van der Waals surface area contributed by atoms with Crippen LogP contribution in [0.5, 0.6) is 5.75 Å². The number of nitrogens with one attached hydrogen (secondary N) is 1. The number of fused-ring (bicyclic) bond motifs is 2. The van der Waals surface area contributed by atoms with Crippen LogP contribution in [0.2, 0.25) is 0 Å². The molecular weight excluding hydrogens is 504 g/mol. The van der Waals surface area contributed by atoms with E-state index in [0.29, 0.717) is 55.3 Å². The van der Waals surface area contributed by atoms with Gasteiger partial charge in [0.2, 0.25) is 11.8 Å². The summed E-state index contributed by atoms with van der Waals surface area (Å²) in [4.78, 5) is 37.1. The minimum atomic E-state index is -0.780. The molecule has 2 atom stereocenters. The molecule has 1 aliphatic heterocycles. The van der Waals surface area contributed by atoms with Gasteiger partial charge in [0.05, 0.1) is 47.6 Å². The van der Waals surface area contributed by atoms with Gasteiger partial charge in [0, 0.05) is 62.1 Å². The molecular formula is C28H30N4O7. The fourth-order valence-corrected chi connectivity index (χ4v) is 5.30. The van der Waals surface area contributed by atoms with E-state index in [4.69, 9.17) is 14.2 Å². The summed E-state index contributed by atoms with van der Waals surface area (Å²) in [7, 11) is 3.65. The third kappa shape index (κ3) is 4.98. The van der Waals surface area contributed by atoms with E-state index in [1.54, 1.807) is 23.9 Å². The van der Waals surface area contributed by atoms with Crippen molar-refractivity contribution in [3.63, 3.8) is 0 Å². The van der Waals surface area contributed by atoms with Crippen LogP contribution in [0, 0.1) is 10.1 Å². The lowest BCUT2D eigenvalue weighted by atomic mass is 9.83. The summed E-state index contributed by atoms with van der Waals surface area (Å²) in [5, 5.41) is 15.3. The maximum absolute atomic E-state index is 13.2. The van der Waals surface area contributed by atoms with Crippen molar-refractivity contribution in [3.05, 3.63) is 70.0 Å². The fraction of sp³-hybridized carbons (Fsp3) is 0.357. The number of hydrogen-bond donors (Lipinski definition) is 1. The normalized spacial score (nSPS) is 17.3. The van der Waals surface area contributed by atoms with Gasteiger partial charge in [0.1, 0.15) is 12.4 Å². The molecule has 0 bridgehead atoms. The molecule has 1 N–H and O–H groups in total. The Morgan fingerprint density at radius 2 is 1.41 bits per heavy atom. The summed E-state index contributed by atoms with van der Waals surface area (Å²) in [5.74, 6) is -1.63. The number of aromatic nitrogens is 2. The number of amides is 2. The second kappa shape index (κ2) is 10.9. The number of ether oxygens (including phenoxy) is 3. The predicted molar refractivity (Wildman–Crippen MR) is 144 cm³/mol. The molecule has 11 heteroatoms. The first kappa shape index (κ1) is 26.4. The molecule has 2 aromatic heterocycles. The van der Waals surface area contributed by atoms with E-state index in [0.717, 1.165) is 16.5 Å². The number of nitro groups is 1. The molecule has 5 rings (SSSR count). The first-order chi connectivity index (χ1) is 18.8. The van der Waals surface area contributed by atoms with Crippen LogP contribution in [0.15, 0.2) is 48.8 Å². The van der Waals surface area contributed by atoms with Crippen molar-refractivity contribution in [1.29, 1.82) is 0 Å². The number of nitro benzene ring substituents is 1. The Morgan fingerprint density at radius 1 is 0.846 bits per heavy atom.